The molecular formula is C18H18N4O2. The third kappa shape index (κ3) is 2.90. The average molecular weight is 322 g/mol. The molecule has 0 aliphatic heterocycles. The molecular weight excluding hydrogens is 304 g/mol. The highest BCUT2D eigenvalue weighted by molar-refractivity contribution is 5.92. The Kier molecular flexibility index (Phi) is 4.12. The van der Waals surface area contributed by atoms with Crippen LogP contribution in [0.4, 0.5) is 11.5 Å². The molecule has 2 heterocycles. The van der Waals surface area contributed by atoms with Crippen LogP contribution in [0.25, 0.3) is 5.65 Å². The molecule has 3 aromatic rings. The second-order valence-electron chi connectivity index (χ2n) is 5.92. The van der Waals surface area contributed by atoms with Gasteiger partial charge in [0.15, 0.2) is 11.5 Å². The Labute approximate surface area is 139 Å². The topological polar surface area (TPSA) is 79.3 Å². The fourth-order valence-corrected chi connectivity index (χ4v) is 2.46. The highest BCUT2D eigenvalue weighted by Crippen LogP contribution is 2.26. The van der Waals surface area contributed by atoms with Crippen LogP contribution in [-0.2, 0) is 0 Å². The maximum absolute atomic E-state index is 11.5. The fraction of sp³-hybridized carbons (Fsp3) is 0.222. The molecule has 0 saturated heterocycles. The lowest BCUT2D eigenvalue weighted by Gasteiger charge is -2.04. The molecule has 122 valence electrons. The summed E-state index contributed by atoms with van der Waals surface area (Å²) in [6.45, 7) is 6.12. The zero-order valence-electron chi connectivity index (χ0n) is 13.8. The number of rotatable bonds is 4. The molecule has 6 heteroatoms. The molecule has 0 radical (unpaired) electrons. The minimum absolute atomic E-state index is 0.105. The molecule has 0 atom stereocenters. The molecule has 6 nitrogen and oxygen atoms in total. The van der Waals surface area contributed by atoms with E-state index >= 15 is 0 Å². The van der Waals surface area contributed by atoms with Gasteiger partial charge in [-0.05, 0) is 42.2 Å². The normalized spacial score (nSPS) is 11.7. The molecule has 2 aromatic heterocycles. The first-order valence-electron chi connectivity index (χ1n) is 7.70. The lowest BCUT2D eigenvalue weighted by molar-refractivity contribution is 0.0692. The SMILES string of the molecule is Cc1cccn2c(N=Nc3ccc(C(C)C)cc3)c(C(=O)O)nc12. The maximum atomic E-state index is 11.5. The molecule has 1 N–H and O–H groups in total. The predicted molar refractivity (Wildman–Crippen MR) is 91.6 cm³/mol. The van der Waals surface area contributed by atoms with Gasteiger partial charge in [0.1, 0.15) is 5.65 Å². The highest BCUT2D eigenvalue weighted by atomic mass is 16.4. The van der Waals surface area contributed by atoms with E-state index in [0.29, 0.717) is 17.3 Å². The smallest absolute Gasteiger partial charge is 0.358 e. The summed E-state index contributed by atoms with van der Waals surface area (Å²) in [5.41, 5.74) is 3.22. The summed E-state index contributed by atoms with van der Waals surface area (Å²) >= 11 is 0. The number of carboxylic acid groups (broad SMARTS) is 1. The van der Waals surface area contributed by atoms with Crippen LogP contribution in [0.1, 0.15) is 41.4 Å². The summed E-state index contributed by atoms with van der Waals surface area (Å²) in [5, 5.41) is 17.7. The van der Waals surface area contributed by atoms with Crippen LogP contribution in [0.2, 0.25) is 0 Å². The lowest BCUT2D eigenvalue weighted by atomic mass is 10.0. The number of aromatic nitrogens is 2. The van der Waals surface area contributed by atoms with Crippen LogP contribution in [0.3, 0.4) is 0 Å². The van der Waals surface area contributed by atoms with Crippen molar-refractivity contribution in [1.29, 1.82) is 0 Å². The van der Waals surface area contributed by atoms with Gasteiger partial charge < -0.3 is 5.11 Å². The molecule has 0 unspecified atom stereocenters. The number of hydrogen-bond donors (Lipinski definition) is 1. The first-order valence-corrected chi connectivity index (χ1v) is 7.70. The molecule has 1 aromatic carbocycles. The first kappa shape index (κ1) is 15.9. The Balaban J connectivity index is 2.04. The maximum Gasteiger partial charge on any atom is 0.358 e. The van der Waals surface area contributed by atoms with Gasteiger partial charge in [0.2, 0.25) is 0 Å². The van der Waals surface area contributed by atoms with Gasteiger partial charge in [0, 0.05) is 6.20 Å². The monoisotopic (exact) mass is 322 g/mol. The Morgan fingerprint density at radius 1 is 1.17 bits per heavy atom. The number of nitrogens with zero attached hydrogens (tertiary/aromatic N) is 4. The van der Waals surface area contributed by atoms with E-state index in [1.807, 2.05) is 43.3 Å². The van der Waals surface area contributed by atoms with E-state index in [1.165, 1.54) is 5.56 Å². The summed E-state index contributed by atoms with van der Waals surface area (Å²) in [4.78, 5) is 15.6. The molecule has 0 amide bonds. The molecule has 3 rings (SSSR count). The second-order valence-corrected chi connectivity index (χ2v) is 5.92. The quantitative estimate of drug-likeness (QED) is 0.695. The van der Waals surface area contributed by atoms with Gasteiger partial charge in [-0.1, -0.05) is 32.0 Å². The number of azo groups is 1. The van der Waals surface area contributed by atoms with E-state index in [2.05, 4.69) is 29.1 Å². The largest absolute Gasteiger partial charge is 0.476 e. The minimum Gasteiger partial charge on any atom is -0.476 e. The van der Waals surface area contributed by atoms with Crippen LogP contribution in [0.5, 0.6) is 0 Å². The van der Waals surface area contributed by atoms with E-state index < -0.39 is 5.97 Å². The van der Waals surface area contributed by atoms with Gasteiger partial charge in [-0.2, -0.15) is 0 Å². The predicted octanol–water partition coefficient (Wildman–Crippen LogP) is 4.88. The van der Waals surface area contributed by atoms with Crippen molar-refractivity contribution in [1.82, 2.24) is 9.38 Å². The van der Waals surface area contributed by atoms with Crippen molar-refractivity contribution < 1.29 is 9.90 Å². The molecule has 0 aliphatic rings. The Morgan fingerprint density at radius 3 is 2.50 bits per heavy atom. The first-order chi connectivity index (χ1) is 11.5. The second kappa shape index (κ2) is 6.23. The molecule has 24 heavy (non-hydrogen) atoms. The van der Waals surface area contributed by atoms with E-state index in [1.54, 1.807) is 10.6 Å². The third-order valence-corrected chi connectivity index (χ3v) is 3.84. The van der Waals surface area contributed by atoms with Crippen molar-refractivity contribution in [3.8, 4) is 0 Å². The van der Waals surface area contributed by atoms with Crippen LogP contribution < -0.4 is 0 Å². The summed E-state index contributed by atoms with van der Waals surface area (Å²) in [6.07, 6.45) is 1.73. The average Bonchev–Trinajstić information content (AvgIpc) is 2.93. The number of aryl methyl sites for hydroxylation is 1. The Morgan fingerprint density at radius 2 is 1.88 bits per heavy atom. The number of pyridine rings is 1. The minimum atomic E-state index is -1.12. The zero-order valence-corrected chi connectivity index (χ0v) is 13.8. The lowest BCUT2D eigenvalue weighted by Crippen LogP contribution is -1.96. The highest BCUT2D eigenvalue weighted by Gasteiger charge is 2.19. The van der Waals surface area contributed by atoms with E-state index in [-0.39, 0.29) is 11.5 Å². The van der Waals surface area contributed by atoms with Crippen molar-refractivity contribution in [3.05, 3.63) is 59.4 Å². The number of fused-ring (bicyclic) bond motifs is 1. The number of carboxylic acids is 1. The Hall–Kier alpha value is -3.02. The summed E-state index contributed by atoms with van der Waals surface area (Å²) in [6, 6.07) is 11.4. The molecule has 0 aliphatic carbocycles. The van der Waals surface area contributed by atoms with Crippen molar-refractivity contribution >= 4 is 23.1 Å². The van der Waals surface area contributed by atoms with Gasteiger partial charge in [-0.3, -0.25) is 4.40 Å². The van der Waals surface area contributed by atoms with E-state index in [0.717, 1.165) is 5.56 Å². The zero-order chi connectivity index (χ0) is 17.3. The van der Waals surface area contributed by atoms with Crippen molar-refractivity contribution in [3.63, 3.8) is 0 Å². The van der Waals surface area contributed by atoms with Crippen LogP contribution >= 0.6 is 0 Å². The molecule has 0 fully saturated rings. The summed E-state index contributed by atoms with van der Waals surface area (Å²) in [7, 11) is 0. The van der Waals surface area contributed by atoms with Gasteiger partial charge in [0.25, 0.3) is 0 Å². The number of benzene rings is 1. The van der Waals surface area contributed by atoms with Crippen molar-refractivity contribution in [2.45, 2.75) is 26.7 Å². The van der Waals surface area contributed by atoms with Gasteiger partial charge in [-0.25, -0.2) is 9.78 Å². The van der Waals surface area contributed by atoms with Gasteiger partial charge in [-0.15, -0.1) is 10.2 Å². The van der Waals surface area contributed by atoms with Gasteiger partial charge >= 0.3 is 5.97 Å². The third-order valence-electron chi connectivity index (χ3n) is 3.84. The van der Waals surface area contributed by atoms with Crippen LogP contribution in [0, 0.1) is 6.92 Å². The summed E-state index contributed by atoms with van der Waals surface area (Å²) in [5.74, 6) is -0.465. The number of carbonyl (C=O) groups is 1. The summed E-state index contributed by atoms with van der Waals surface area (Å²) < 4.78 is 1.64. The van der Waals surface area contributed by atoms with Crippen molar-refractivity contribution in [2.24, 2.45) is 10.2 Å². The fourth-order valence-electron chi connectivity index (χ4n) is 2.46. The number of aromatic carboxylic acids is 1. The van der Waals surface area contributed by atoms with Crippen molar-refractivity contribution in [2.75, 3.05) is 0 Å². The van der Waals surface area contributed by atoms with Crippen LogP contribution in [0.15, 0.2) is 52.8 Å². The number of hydrogen-bond acceptors (Lipinski definition) is 4. The number of imidazole rings is 1. The molecule has 0 bridgehead atoms. The van der Waals surface area contributed by atoms with E-state index in [4.69, 9.17) is 0 Å². The van der Waals surface area contributed by atoms with Crippen LogP contribution in [-0.4, -0.2) is 20.5 Å². The van der Waals surface area contributed by atoms with E-state index in [9.17, 15) is 9.90 Å². The molecule has 0 spiro atoms. The Bertz CT molecular complexity index is 924. The molecule has 0 saturated carbocycles. The van der Waals surface area contributed by atoms with Gasteiger partial charge in [0.05, 0.1) is 5.69 Å². The standard InChI is InChI=1S/C18H18N4O2/c1-11(2)13-6-8-14(9-7-13)20-21-17-15(18(23)24)19-16-12(3)5-4-10-22(16)17/h4-11H,1-3H3,(H,23,24).